The third kappa shape index (κ3) is 4.02. The van der Waals surface area contributed by atoms with Crippen molar-refractivity contribution in [2.45, 2.75) is 25.8 Å². The lowest BCUT2D eigenvalue weighted by atomic mass is 9.98. The van der Waals surface area contributed by atoms with Gasteiger partial charge < -0.3 is 5.32 Å². The summed E-state index contributed by atoms with van der Waals surface area (Å²) in [4.78, 5) is 0. The molecule has 112 valence electrons. The third-order valence-corrected chi connectivity index (χ3v) is 3.67. The molecule has 4 heteroatoms. The predicted molar refractivity (Wildman–Crippen MR) is 82.5 cm³/mol. The van der Waals surface area contributed by atoms with E-state index in [-0.39, 0.29) is 16.9 Å². The molecule has 0 aliphatic carbocycles. The average Bonchev–Trinajstić information content (AvgIpc) is 2.48. The van der Waals surface area contributed by atoms with Crippen molar-refractivity contribution in [3.8, 4) is 0 Å². The highest BCUT2D eigenvalue weighted by Gasteiger charge is 2.18. The normalized spacial score (nSPS) is 12.4. The molecular weight excluding hydrogens is 292 g/mol. The zero-order valence-electron chi connectivity index (χ0n) is 11.9. The number of hydrogen-bond acceptors (Lipinski definition) is 1. The van der Waals surface area contributed by atoms with Gasteiger partial charge >= 0.3 is 0 Å². The van der Waals surface area contributed by atoms with Gasteiger partial charge in [0.2, 0.25) is 0 Å². The fourth-order valence-electron chi connectivity index (χ4n) is 2.29. The second-order valence-electron chi connectivity index (χ2n) is 4.95. The van der Waals surface area contributed by atoms with Gasteiger partial charge in [0, 0.05) is 11.6 Å². The second-order valence-corrected chi connectivity index (χ2v) is 5.35. The zero-order valence-corrected chi connectivity index (χ0v) is 12.6. The molecule has 2 aromatic carbocycles. The molecule has 0 heterocycles. The van der Waals surface area contributed by atoms with Crippen LogP contribution in [-0.2, 0) is 6.42 Å². The quantitative estimate of drug-likeness (QED) is 0.800. The predicted octanol–water partition coefficient (Wildman–Crippen LogP) is 4.90. The smallest absolute Gasteiger partial charge is 0.145 e. The molecule has 2 rings (SSSR count). The first-order valence-corrected chi connectivity index (χ1v) is 7.42. The van der Waals surface area contributed by atoms with Crippen molar-refractivity contribution >= 4 is 11.6 Å². The highest BCUT2D eigenvalue weighted by atomic mass is 35.5. The van der Waals surface area contributed by atoms with Crippen LogP contribution >= 0.6 is 11.6 Å². The molecule has 0 saturated carbocycles. The summed E-state index contributed by atoms with van der Waals surface area (Å²) in [5.74, 6) is -0.715. The van der Waals surface area contributed by atoms with Gasteiger partial charge in [0.1, 0.15) is 11.6 Å². The molecule has 2 aromatic rings. The molecule has 0 aliphatic heterocycles. The van der Waals surface area contributed by atoms with Crippen LogP contribution in [0.3, 0.4) is 0 Å². The van der Waals surface area contributed by atoms with Crippen molar-refractivity contribution in [2.75, 3.05) is 6.54 Å². The highest BCUT2D eigenvalue weighted by Crippen LogP contribution is 2.25. The van der Waals surface area contributed by atoms with Crippen LogP contribution in [0, 0.1) is 11.6 Å². The van der Waals surface area contributed by atoms with E-state index in [0.29, 0.717) is 17.5 Å². The maximum absolute atomic E-state index is 14.0. The molecule has 0 saturated heterocycles. The second kappa shape index (κ2) is 7.53. The molecule has 0 amide bonds. The lowest BCUT2D eigenvalue weighted by Gasteiger charge is -2.20. The summed E-state index contributed by atoms with van der Waals surface area (Å²) in [5.41, 5.74) is 1.03. The Kier molecular flexibility index (Phi) is 5.71. The van der Waals surface area contributed by atoms with Crippen molar-refractivity contribution in [3.05, 3.63) is 70.2 Å². The van der Waals surface area contributed by atoms with Gasteiger partial charge in [0.05, 0.1) is 5.02 Å². The zero-order chi connectivity index (χ0) is 15.2. The number of nitrogens with one attached hydrogen (secondary N) is 1. The van der Waals surface area contributed by atoms with E-state index in [0.717, 1.165) is 13.0 Å². The van der Waals surface area contributed by atoms with Crippen molar-refractivity contribution in [1.82, 2.24) is 5.32 Å². The molecule has 0 bridgehead atoms. The van der Waals surface area contributed by atoms with E-state index in [2.05, 4.69) is 5.32 Å². The van der Waals surface area contributed by atoms with Crippen LogP contribution in [-0.4, -0.2) is 6.54 Å². The molecule has 0 aromatic heterocycles. The van der Waals surface area contributed by atoms with Crippen LogP contribution in [0.5, 0.6) is 0 Å². The van der Waals surface area contributed by atoms with E-state index in [4.69, 9.17) is 11.6 Å². The van der Waals surface area contributed by atoms with Crippen molar-refractivity contribution in [2.24, 2.45) is 0 Å². The first-order chi connectivity index (χ1) is 10.1. The van der Waals surface area contributed by atoms with E-state index < -0.39 is 5.82 Å². The minimum atomic E-state index is -0.432. The molecule has 1 nitrogen and oxygen atoms in total. The Morgan fingerprint density at radius 2 is 1.86 bits per heavy atom. The van der Waals surface area contributed by atoms with Crippen LogP contribution in [0.2, 0.25) is 5.02 Å². The molecule has 1 N–H and O–H groups in total. The summed E-state index contributed by atoms with van der Waals surface area (Å²) in [6.45, 7) is 2.77. The van der Waals surface area contributed by atoms with Crippen LogP contribution in [0.15, 0.2) is 42.5 Å². The van der Waals surface area contributed by atoms with E-state index in [1.54, 1.807) is 30.3 Å². The summed E-state index contributed by atoms with van der Waals surface area (Å²) in [6.07, 6.45) is 1.27. The van der Waals surface area contributed by atoms with Gasteiger partial charge in [-0.1, -0.05) is 48.9 Å². The summed E-state index contributed by atoms with van der Waals surface area (Å²) < 4.78 is 28.0. The fourth-order valence-corrected chi connectivity index (χ4v) is 2.49. The molecule has 0 spiro atoms. The molecule has 0 fully saturated rings. The topological polar surface area (TPSA) is 12.0 Å². The maximum Gasteiger partial charge on any atom is 0.145 e. The first kappa shape index (κ1) is 15.9. The molecular formula is C17H18ClF2N. The van der Waals surface area contributed by atoms with E-state index in [9.17, 15) is 8.78 Å². The number of hydrogen-bond donors (Lipinski definition) is 1. The fraction of sp³-hybridized carbons (Fsp3) is 0.294. The Bertz CT molecular complexity index is 601. The van der Waals surface area contributed by atoms with Gasteiger partial charge in [0.25, 0.3) is 0 Å². The van der Waals surface area contributed by atoms with Gasteiger partial charge in [0.15, 0.2) is 0 Å². The van der Waals surface area contributed by atoms with Crippen LogP contribution < -0.4 is 5.32 Å². The lowest BCUT2D eigenvalue weighted by molar-refractivity contribution is 0.487. The van der Waals surface area contributed by atoms with Crippen LogP contribution in [0.25, 0.3) is 0 Å². The van der Waals surface area contributed by atoms with E-state index >= 15 is 0 Å². The third-order valence-electron chi connectivity index (χ3n) is 3.38. The van der Waals surface area contributed by atoms with Gasteiger partial charge in [-0.05, 0) is 37.1 Å². The van der Waals surface area contributed by atoms with Gasteiger partial charge in [-0.15, -0.1) is 0 Å². The molecule has 1 unspecified atom stereocenters. The Labute approximate surface area is 128 Å². The van der Waals surface area contributed by atoms with Crippen molar-refractivity contribution in [1.29, 1.82) is 0 Å². The maximum atomic E-state index is 14.0. The molecule has 0 aliphatic rings. The number of rotatable bonds is 6. The molecule has 1 atom stereocenters. The Morgan fingerprint density at radius 3 is 2.57 bits per heavy atom. The monoisotopic (exact) mass is 309 g/mol. The SMILES string of the molecule is CCCNC(Cc1cccc(Cl)c1F)c1ccccc1F. The Hall–Kier alpha value is -1.45. The van der Waals surface area contributed by atoms with E-state index in [1.165, 1.54) is 12.1 Å². The summed E-state index contributed by atoms with van der Waals surface area (Å²) >= 11 is 5.81. The van der Waals surface area contributed by atoms with E-state index in [1.807, 2.05) is 6.92 Å². The lowest BCUT2D eigenvalue weighted by Crippen LogP contribution is -2.25. The average molecular weight is 310 g/mol. The number of benzene rings is 2. The Balaban J connectivity index is 2.28. The van der Waals surface area contributed by atoms with Gasteiger partial charge in [-0.2, -0.15) is 0 Å². The standard InChI is InChI=1S/C17H18ClF2N/c1-2-10-21-16(13-7-3-4-9-15(13)19)11-12-6-5-8-14(18)17(12)20/h3-9,16,21H,2,10-11H2,1H3. The van der Waals surface area contributed by atoms with Crippen molar-refractivity contribution in [3.63, 3.8) is 0 Å². The minimum Gasteiger partial charge on any atom is -0.310 e. The summed E-state index contributed by atoms with van der Waals surface area (Å²) in [6, 6.07) is 11.2. The Morgan fingerprint density at radius 1 is 1.10 bits per heavy atom. The first-order valence-electron chi connectivity index (χ1n) is 7.04. The largest absolute Gasteiger partial charge is 0.310 e. The number of halogens is 3. The van der Waals surface area contributed by atoms with Crippen LogP contribution in [0.4, 0.5) is 8.78 Å². The van der Waals surface area contributed by atoms with Gasteiger partial charge in [-0.25, -0.2) is 8.78 Å². The summed E-state index contributed by atoms with van der Waals surface area (Å²) in [5, 5.41) is 3.36. The highest BCUT2D eigenvalue weighted by molar-refractivity contribution is 6.30. The van der Waals surface area contributed by atoms with Crippen molar-refractivity contribution < 1.29 is 8.78 Å². The van der Waals surface area contributed by atoms with Crippen LogP contribution in [0.1, 0.15) is 30.5 Å². The molecule has 21 heavy (non-hydrogen) atoms. The minimum absolute atomic E-state index is 0.0928. The summed E-state index contributed by atoms with van der Waals surface area (Å²) in [7, 11) is 0. The molecule has 0 radical (unpaired) electrons. The van der Waals surface area contributed by atoms with Gasteiger partial charge in [-0.3, -0.25) is 0 Å².